The summed E-state index contributed by atoms with van der Waals surface area (Å²) in [6.45, 7) is -0.756. The number of hydrogen-bond donors (Lipinski definition) is 4. The summed E-state index contributed by atoms with van der Waals surface area (Å²) in [6.07, 6.45) is 0.997. The number of hydrogen-bond acceptors (Lipinski definition) is 7. The molecule has 4 N–H and O–H groups in total. The Hall–Kier alpha value is -2.56. The van der Waals surface area contributed by atoms with Gasteiger partial charge < -0.3 is 10.2 Å². The number of carbonyl (C=O) groups excluding carboxylic acids is 1. The fourth-order valence-corrected chi connectivity index (χ4v) is 3.40. The van der Waals surface area contributed by atoms with E-state index in [1.165, 1.54) is 5.48 Å². The number of nitrogens with zero attached hydrogens (tertiary/aromatic N) is 1. The Kier molecular flexibility index (Phi) is 5.12. The SMILES string of the molecule is O=C(NO)c1ncc(CS(=O)(=O)c2ccc(F)cc2)c(CO)c1O. The van der Waals surface area contributed by atoms with Crippen molar-refractivity contribution >= 4 is 15.7 Å². The summed E-state index contributed by atoms with van der Waals surface area (Å²) in [4.78, 5) is 14.8. The van der Waals surface area contributed by atoms with Crippen LogP contribution in [0.4, 0.5) is 4.39 Å². The summed E-state index contributed by atoms with van der Waals surface area (Å²) in [5, 5.41) is 27.9. The van der Waals surface area contributed by atoms with Crippen molar-refractivity contribution in [2.24, 2.45) is 0 Å². The van der Waals surface area contributed by atoms with E-state index in [1.807, 2.05) is 0 Å². The zero-order valence-corrected chi connectivity index (χ0v) is 12.9. The molecule has 0 atom stereocenters. The van der Waals surface area contributed by atoms with Crippen LogP contribution >= 0.6 is 0 Å². The summed E-state index contributed by atoms with van der Waals surface area (Å²) in [5.41, 5.74) is 0.463. The minimum absolute atomic E-state index is 0.0335. The Labute approximate surface area is 136 Å². The second kappa shape index (κ2) is 6.91. The molecule has 0 aliphatic rings. The van der Waals surface area contributed by atoms with Gasteiger partial charge in [-0.05, 0) is 29.8 Å². The third-order valence-electron chi connectivity index (χ3n) is 3.24. The first kappa shape index (κ1) is 17.8. The van der Waals surface area contributed by atoms with Crippen LogP contribution in [-0.2, 0) is 22.2 Å². The fourth-order valence-electron chi connectivity index (χ4n) is 2.03. The highest BCUT2D eigenvalue weighted by Gasteiger charge is 2.23. The van der Waals surface area contributed by atoms with Crippen molar-refractivity contribution < 1.29 is 33.0 Å². The standard InChI is InChI=1S/C14H13FN2O6S/c15-9-1-3-10(4-2-9)24(22,23)7-8-5-16-12(14(20)17-21)13(19)11(8)6-18/h1-5,18-19,21H,6-7H2,(H,17,20). The topological polar surface area (TPSA) is 137 Å². The number of halogens is 1. The predicted molar refractivity (Wildman–Crippen MR) is 78.4 cm³/mol. The number of carbonyl (C=O) groups is 1. The first-order valence-corrected chi connectivity index (χ1v) is 8.18. The van der Waals surface area contributed by atoms with Gasteiger partial charge in [0.2, 0.25) is 0 Å². The van der Waals surface area contributed by atoms with Crippen LogP contribution in [0.3, 0.4) is 0 Å². The van der Waals surface area contributed by atoms with Gasteiger partial charge in [0.15, 0.2) is 21.3 Å². The van der Waals surface area contributed by atoms with Crippen LogP contribution in [0.5, 0.6) is 5.75 Å². The predicted octanol–water partition coefficient (Wildman–Crippen LogP) is 0.511. The average Bonchev–Trinajstić information content (AvgIpc) is 2.54. The normalized spacial score (nSPS) is 11.3. The molecule has 0 saturated heterocycles. The maximum absolute atomic E-state index is 12.9. The Morgan fingerprint density at radius 2 is 1.88 bits per heavy atom. The van der Waals surface area contributed by atoms with Crippen molar-refractivity contribution in [3.63, 3.8) is 0 Å². The van der Waals surface area contributed by atoms with Crippen LogP contribution in [-0.4, -0.2) is 34.7 Å². The molecule has 1 aromatic heterocycles. The van der Waals surface area contributed by atoms with Crippen molar-refractivity contribution in [2.75, 3.05) is 0 Å². The molecule has 1 heterocycles. The maximum atomic E-state index is 12.9. The lowest BCUT2D eigenvalue weighted by molar-refractivity contribution is 0.0697. The van der Waals surface area contributed by atoms with Crippen molar-refractivity contribution in [3.8, 4) is 5.75 Å². The first-order valence-electron chi connectivity index (χ1n) is 6.53. The lowest BCUT2D eigenvalue weighted by Crippen LogP contribution is -2.21. The van der Waals surface area contributed by atoms with Gasteiger partial charge in [0.25, 0.3) is 5.91 Å². The Balaban J connectivity index is 2.44. The zero-order valence-electron chi connectivity index (χ0n) is 12.1. The molecular formula is C14H13FN2O6S. The Morgan fingerprint density at radius 3 is 2.42 bits per heavy atom. The van der Waals surface area contributed by atoms with Gasteiger partial charge in [-0.25, -0.2) is 23.3 Å². The highest BCUT2D eigenvalue weighted by atomic mass is 32.2. The molecule has 0 spiro atoms. The molecule has 8 nitrogen and oxygen atoms in total. The molecule has 1 amide bonds. The largest absolute Gasteiger partial charge is 0.505 e. The van der Waals surface area contributed by atoms with Crippen LogP contribution < -0.4 is 5.48 Å². The van der Waals surface area contributed by atoms with E-state index in [4.69, 9.17) is 5.21 Å². The van der Waals surface area contributed by atoms with Crippen molar-refractivity contribution in [2.45, 2.75) is 17.3 Å². The number of amides is 1. The smallest absolute Gasteiger partial charge is 0.297 e. The number of hydroxylamine groups is 1. The number of aromatic nitrogens is 1. The van der Waals surface area contributed by atoms with E-state index in [2.05, 4.69) is 4.98 Å². The lowest BCUT2D eigenvalue weighted by atomic mass is 10.1. The van der Waals surface area contributed by atoms with Gasteiger partial charge >= 0.3 is 0 Å². The van der Waals surface area contributed by atoms with Crippen LogP contribution in [0.2, 0.25) is 0 Å². The summed E-state index contributed by atoms with van der Waals surface area (Å²) in [6, 6.07) is 4.16. The monoisotopic (exact) mass is 356 g/mol. The quantitative estimate of drug-likeness (QED) is 0.348. The molecule has 0 fully saturated rings. The summed E-state index contributed by atoms with van der Waals surface area (Å²) < 4.78 is 37.6. The van der Waals surface area contributed by atoms with E-state index in [1.54, 1.807) is 0 Å². The summed E-state index contributed by atoms with van der Waals surface area (Å²) >= 11 is 0. The molecular weight excluding hydrogens is 343 g/mol. The van der Waals surface area contributed by atoms with Gasteiger partial charge in [-0.15, -0.1) is 0 Å². The number of rotatable bonds is 5. The Bertz CT molecular complexity index is 868. The van der Waals surface area contributed by atoms with Crippen molar-refractivity contribution in [1.82, 2.24) is 10.5 Å². The van der Waals surface area contributed by atoms with Gasteiger partial charge in [0, 0.05) is 11.8 Å². The number of benzene rings is 1. The minimum atomic E-state index is -3.90. The van der Waals surface area contributed by atoms with Crippen LogP contribution in [0, 0.1) is 5.82 Å². The molecule has 0 aliphatic heterocycles. The molecule has 0 radical (unpaired) electrons. The molecule has 0 saturated carbocycles. The highest BCUT2D eigenvalue weighted by Crippen LogP contribution is 2.27. The van der Waals surface area contributed by atoms with E-state index in [0.717, 1.165) is 30.5 Å². The number of pyridine rings is 1. The third-order valence-corrected chi connectivity index (χ3v) is 4.92. The van der Waals surface area contributed by atoms with E-state index in [-0.39, 0.29) is 16.0 Å². The molecule has 1 aromatic carbocycles. The molecule has 10 heteroatoms. The van der Waals surface area contributed by atoms with Crippen LogP contribution in [0.15, 0.2) is 35.4 Å². The van der Waals surface area contributed by atoms with E-state index in [0.29, 0.717) is 0 Å². The van der Waals surface area contributed by atoms with Crippen molar-refractivity contribution in [3.05, 3.63) is 53.1 Å². The van der Waals surface area contributed by atoms with E-state index >= 15 is 0 Å². The average molecular weight is 356 g/mol. The number of aromatic hydroxyl groups is 1. The molecule has 2 aromatic rings. The Morgan fingerprint density at radius 1 is 1.25 bits per heavy atom. The van der Waals surface area contributed by atoms with Gasteiger partial charge in [0.05, 0.1) is 17.3 Å². The fraction of sp³-hybridized carbons (Fsp3) is 0.143. The van der Waals surface area contributed by atoms with Gasteiger partial charge in [-0.2, -0.15) is 0 Å². The highest BCUT2D eigenvalue weighted by molar-refractivity contribution is 7.90. The lowest BCUT2D eigenvalue weighted by Gasteiger charge is -2.12. The van der Waals surface area contributed by atoms with Gasteiger partial charge in [-0.1, -0.05) is 0 Å². The first-order chi connectivity index (χ1) is 11.3. The van der Waals surface area contributed by atoms with Crippen molar-refractivity contribution in [1.29, 1.82) is 0 Å². The van der Waals surface area contributed by atoms with Gasteiger partial charge in [-0.3, -0.25) is 10.0 Å². The van der Waals surface area contributed by atoms with Crippen LogP contribution in [0.1, 0.15) is 21.6 Å². The maximum Gasteiger partial charge on any atom is 0.297 e. The molecule has 128 valence electrons. The van der Waals surface area contributed by atoms with Gasteiger partial charge in [0.1, 0.15) is 5.82 Å². The summed E-state index contributed by atoms with van der Waals surface area (Å²) in [5.74, 6) is -3.08. The molecule has 0 bridgehead atoms. The number of nitrogens with one attached hydrogen (secondary N) is 1. The molecule has 24 heavy (non-hydrogen) atoms. The third kappa shape index (κ3) is 3.50. The zero-order chi connectivity index (χ0) is 17.9. The van der Waals surface area contributed by atoms with E-state index < -0.39 is 45.4 Å². The number of aliphatic hydroxyl groups excluding tert-OH is 1. The minimum Gasteiger partial charge on any atom is -0.505 e. The van der Waals surface area contributed by atoms with E-state index in [9.17, 15) is 27.8 Å². The summed E-state index contributed by atoms with van der Waals surface area (Å²) in [7, 11) is -3.90. The molecule has 0 unspecified atom stereocenters. The van der Waals surface area contributed by atoms with Crippen LogP contribution in [0.25, 0.3) is 0 Å². The molecule has 0 aliphatic carbocycles. The number of aliphatic hydroxyl groups is 1. The second-order valence-corrected chi connectivity index (χ2v) is 6.76. The second-order valence-electron chi connectivity index (χ2n) is 4.77. The number of sulfone groups is 1. The molecule has 2 rings (SSSR count).